The number of carbonyl (C=O) groups excluding carboxylic acids is 2. The smallest absolute Gasteiger partial charge is 0.249 e. The van der Waals surface area contributed by atoms with Gasteiger partial charge in [-0.3, -0.25) is 14.9 Å². The standard InChI is InChI=1S/C16H21N3O3/c1-2-8-17-11-4-3-5-12-15(11)22-10-9-19(12)13-6-7-14(20)18-16(13)21/h3-5,13,17H,2,6-10H2,1H3,(H,18,20,21)/t13-/m1/s1. The minimum atomic E-state index is -0.304. The molecule has 118 valence electrons. The van der Waals surface area contributed by atoms with Gasteiger partial charge in [-0.2, -0.15) is 0 Å². The molecule has 0 spiro atoms. The second-order valence-corrected chi connectivity index (χ2v) is 5.59. The normalized spacial score (nSPS) is 21.0. The van der Waals surface area contributed by atoms with Gasteiger partial charge in [0.25, 0.3) is 0 Å². The molecule has 2 aliphatic rings. The van der Waals surface area contributed by atoms with Crippen molar-refractivity contribution in [3.8, 4) is 5.75 Å². The van der Waals surface area contributed by atoms with Gasteiger partial charge in [0.15, 0.2) is 5.75 Å². The van der Waals surface area contributed by atoms with Gasteiger partial charge >= 0.3 is 0 Å². The number of nitrogens with zero attached hydrogens (tertiary/aromatic N) is 1. The van der Waals surface area contributed by atoms with Crippen LogP contribution in [0.3, 0.4) is 0 Å². The number of benzene rings is 1. The molecule has 0 aromatic heterocycles. The van der Waals surface area contributed by atoms with Crippen molar-refractivity contribution >= 4 is 23.2 Å². The van der Waals surface area contributed by atoms with Crippen molar-refractivity contribution in [2.45, 2.75) is 32.2 Å². The van der Waals surface area contributed by atoms with Crippen molar-refractivity contribution in [3.63, 3.8) is 0 Å². The number of ether oxygens (including phenoxy) is 1. The van der Waals surface area contributed by atoms with Gasteiger partial charge in [0.2, 0.25) is 11.8 Å². The highest BCUT2D eigenvalue weighted by atomic mass is 16.5. The van der Waals surface area contributed by atoms with Crippen LogP contribution in [0, 0.1) is 0 Å². The highest BCUT2D eigenvalue weighted by Crippen LogP contribution is 2.40. The van der Waals surface area contributed by atoms with Crippen LogP contribution >= 0.6 is 0 Å². The Morgan fingerprint density at radius 1 is 1.41 bits per heavy atom. The van der Waals surface area contributed by atoms with Crippen molar-refractivity contribution in [2.75, 3.05) is 29.9 Å². The fourth-order valence-corrected chi connectivity index (χ4v) is 2.97. The molecule has 1 aromatic carbocycles. The first-order valence-corrected chi connectivity index (χ1v) is 7.80. The minimum absolute atomic E-state index is 0.187. The molecule has 0 saturated carbocycles. The molecule has 0 bridgehead atoms. The first-order chi connectivity index (χ1) is 10.7. The third-order valence-electron chi connectivity index (χ3n) is 4.03. The quantitative estimate of drug-likeness (QED) is 0.825. The number of anilines is 2. The van der Waals surface area contributed by atoms with Crippen LogP contribution in [-0.4, -0.2) is 37.6 Å². The third-order valence-corrected chi connectivity index (χ3v) is 4.03. The summed E-state index contributed by atoms with van der Waals surface area (Å²) in [4.78, 5) is 25.5. The summed E-state index contributed by atoms with van der Waals surface area (Å²) >= 11 is 0. The molecule has 2 N–H and O–H groups in total. The first kappa shape index (κ1) is 14.7. The van der Waals surface area contributed by atoms with E-state index in [1.165, 1.54) is 0 Å². The second-order valence-electron chi connectivity index (χ2n) is 5.59. The van der Waals surface area contributed by atoms with E-state index in [-0.39, 0.29) is 17.9 Å². The molecular formula is C16H21N3O3. The number of nitrogens with one attached hydrogen (secondary N) is 2. The Balaban J connectivity index is 1.88. The Morgan fingerprint density at radius 3 is 3.05 bits per heavy atom. The van der Waals surface area contributed by atoms with Gasteiger partial charge in [0.1, 0.15) is 12.6 Å². The molecule has 6 nitrogen and oxygen atoms in total. The predicted molar refractivity (Wildman–Crippen MR) is 84.2 cm³/mol. The molecule has 2 amide bonds. The van der Waals surface area contributed by atoms with E-state index in [9.17, 15) is 9.59 Å². The zero-order valence-corrected chi connectivity index (χ0v) is 12.7. The first-order valence-electron chi connectivity index (χ1n) is 7.80. The molecule has 1 atom stereocenters. The lowest BCUT2D eigenvalue weighted by atomic mass is 10.0. The summed E-state index contributed by atoms with van der Waals surface area (Å²) in [6.45, 7) is 4.17. The third kappa shape index (κ3) is 2.73. The van der Waals surface area contributed by atoms with Gasteiger partial charge in [-0.25, -0.2) is 0 Å². The van der Waals surface area contributed by atoms with E-state index in [1.807, 2.05) is 18.2 Å². The number of imide groups is 1. The fourth-order valence-electron chi connectivity index (χ4n) is 2.97. The number of rotatable bonds is 4. The summed E-state index contributed by atoms with van der Waals surface area (Å²) in [6, 6.07) is 5.61. The lowest BCUT2D eigenvalue weighted by Crippen LogP contribution is -2.54. The number of amides is 2. The predicted octanol–water partition coefficient (Wildman–Crippen LogP) is 1.51. The molecule has 3 rings (SSSR count). The number of hydrogen-bond acceptors (Lipinski definition) is 5. The average molecular weight is 303 g/mol. The van der Waals surface area contributed by atoms with Crippen LogP contribution in [0.4, 0.5) is 11.4 Å². The highest BCUT2D eigenvalue weighted by molar-refractivity contribution is 6.02. The van der Waals surface area contributed by atoms with E-state index in [4.69, 9.17) is 4.74 Å². The number of hydrogen-bond donors (Lipinski definition) is 2. The van der Waals surface area contributed by atoms with Crippen LogP contribution in [0.2, 0.25) is 0 Å². The maximum absolute atomic E-state index is 12.1. The van der Waals surface area contributed by atoms with Crippen molar-refractivity contribution in [1.82, 2.24) is 5.32 Å². The van der Waals surface area contributed by atoms with Crippen LogP contribution in [0.25, 0.3) is 0 Å². The topological polar surface area (TPSA) is 70.7 Å². The molecule has 1 saturated heterocycles. The molecule has 0 aliphatic carbocycles. The summed E-state index contributed by atoms with van der Waals surface area (Å²) in [6.07, 6.45) is 1.97. The van der Waals surface area contributed by atoms with Crippen LogP contribution in [0.5, 0.6) is 5.75 Å². The molecule has 2 heterocycles. The summed E-state index contributed by atoms with van der Waals surface area (Å²) < 4.78 is 5.83. The van der Waals surface area contributed by atoms with Crippen LogP contribution in [0.15, 0.2) is 18.2 Å². The van der Waals surface area contributed by atoms with E-state index >= 15 is 0 Å². The Morgan fingerprint density at radius 2 is 2.27 bits per heavy atom. The summed E-state index contributed by atoms with van der Waals surface area (Å²) in [5.41, 5.74) is 1.87. The van der Waals surface area contributed by atoms with Gasteiger partial charge in [-0.1, -0.05) is 13.0 Å². The summed E-state index contributed by atoms with van der Waals surface area (Å²) in [5.74, 6) is 0.399. The van der Waals surface area contributed by atoms with E-state index < -0.39 is 0 Å². The van der Waals surface area contributed by atoms with E-state index in [0.717, 1.165) is 30.1 Å². The zero-order chi connectivity index (χ0) is 15.5. The van der Waals surface area contributed by atoms with E-state index in [0.29, 0.717) is 26.0 Å². The molecule has 2 aliphatic heterocycles. The number of piperidine rings is 1. The van der Waals surface area contributed by atoms with E-state index in [2.05, 4.69) is 22.5 Å². The van der Waals surface area contributed by atoms with Gasteiger partial charge in [0, 0.05) is 13.0 Å². The number of carbonyl (C=O) groups is 2. The summed E-state index contributed by atoms with van der Waals surface area (Å²) in [7, 11) is 0. The average Bonchev–Trinajstić information content (AvgIpc) is 2.52. The van der Waals surface area contributed by atoms with Gasteiger partial charge in [0.05, 0.1) is 17.9 Å². The Labute approximate surface area is 129 Å². The van der Waals surface area contributed by atoms with Crippen molar-refractivity contribution < 1.29 is 14.3 Å². The molecule has 1 aromatic rings. The van der Waals surface area contributed by atoms with Gasteiger partial charge < -0.3 is 15.0 Å². The van der Waals surface area contributed by atoms with Crippen molar-refractivity contribution in [3.05, 3.63) is 18.2 Å². The Kier molecular flexibility index (Phi) is 4.18. The van der Waals surface area contributed by atoms with Crippen LogP contribution in [0.1, 0.15) is 26.2 Å². The molecule has 6 heteroatoms. The SMILES string of the molecule is CCCNc1cccc2c1OCCN2[C@@H]1CCC(=O)NC1=O. The highest BCUT2D eigenvalue weighted by Gasteiger charge is 2.35. The molecule has 0 radical (unpaired) electrons. The van der Waals surface area contributed by atoms with Crippen LogP contribution < -0.4 is 20.3 Å². The maximum atomic E-state index is 12.1. The molecular weight excluding hydrogens is 282 g/mol. The Hall–Kier alpha value is -2.24. The fraction of sp³-hybridized carbons (Fsp3) is 0.500. The van der Waals surface area contributed by atoms with Crippen molar-refractivity contribution in [2.24, 2.45) is 0 Å². The lowest BCUT2D eigenvalue weighted by molar-refractivity contribution is -0.134. The summed E-state index contributed by atoms with van der Waals surface area (Å²) in [5, 5.41) is 5.79. The van der Waals surface area contributed by atoms with E-state index in [1.54, 1.807) is 0 Å². The van der Waals surface area contributed by atoms with Gasteiger partial charge in [-0.05, 0) is 25.0 Å². The Bertz CT molecular complexity index is 588. The molecule has 0 unspecified atom stereocenters. The van der Waals surface area contributed by atoms with Crippen molar-refractivity contribution in [1.29, 1.82) is 0 Å². The zero-order valence-electron chi connectivity index (χ0n) is 12.7. The molecule has 1 fully saturated rings. The number of fused-ring (bicyclic) bond motifs is 1. The monoisotopic (exact) mass is 303 g/mol. The molecule has 22 heavy (non-hydrogen) atoms. The largest absolute Gasteiger partial charge is 0.487 e. The maximum Gasteiger partial charge on any atom is 0.249 e. The second kappa shape index (κ2) is 6.25. The lowest BCUT2D eigenvalue weighted by Gasteiger charge is -2.38. The minimum Gasteiger partial charge on any atom is -0.487 e. The van der Waals surface area contributed by atoms with Gasteiger partial charge in [-0.15, -0.1) is 0 Å². The van der Waals surface area contributed by atoms with Crippen LogP contribution in [-0.2, 0) is 9.59 Å². The number of para-hydroxylation sites is 1.